The van der Waals surface area contributed by atoms with Crippen LogP contribution in [0.5, 0.6) is 17.2 Å². The molecular formula is C27H29N5O5. The zero-order chi connectivity index (χ0) is 26.9. The predicted molar refractivity (Wildman–Crippen MR) is 134 cm³/mol. The number of carbonyl (C=O) groups is 2. The molecule has 10 nitrogen and oxygen atoms in total. The summed E-state index contributed by atoms with van der Waals surface area (Å²) in [6, 6.07) is 8.84. The van der Waals surface area contributed by atoms with Gasteiger partial charge < -0.3 is 19.9 Å². The number of nitrogens with zero attached hydrogens (tertiary/aromatic N) is 3. The summed E-state index contributed by atoms with van der Waals surface area (Å²) in [6.07, 6.45) is 3.70. The highest BCUT2D eigenvalue weighted by Crippen LogP contribution is 2.50. The molecule has 0 spiro atoms. The summed E-state index contributed by atoms with van der Waals surface area (Å²) in [5.41, 5.74) is 10.9. The Kier molecular flexibility index (Phi) is 6.81. The number of aromatic nitrogens is 1. The standard InChI is InChI=1S/C27H29N5O5/c1-27(2)11-18-23(19(33)12-27)22(16-9-20(35-3)24(37-5)21(10-16)36-4)17(13-28)25(29)32(18)31-26(34)15-7-6-8-30-14-15/h6-10,14,22H,11-12,29H2,1-5H3,(H,31,34). The summed E-state index contributed by atoms with van der Waals surface area (Å²) in [4.78, 5) is 30.7. The highest BCUT2D eigenvalue weighted by atomic mass is 16.5. The molecule has 0 radical (unpaired) electrons. The third-order valence-corrected chi connectivity index (χ3v) is 6.54. The van der Waals surface area contributed by atoms with Gasteiger partial charge in [-0.25, -0.2) is 5.01 Å². The zero-order valence-electron chi connectivity index (χ0n) is 21.4. The smallest absolute Gasteiger partial charge is 0.271 e. The first-order valence-corrected chi connectivity index (χ1v) is 11.6. The van der Waals surface area contributed by atoms with Crippen LogP contribution in [0.1, 0.15) is 48.5 Å². The number of nitrogens with one attached hydrogen (secondary N) is 1. The lowest BCUT2D eigenvalue weighted by Crippen LogP contribution is -2.49. The van der Waals surface area contributed by atoms with E-state index in [0.717, 1.165) is 0 Å². The molecule has 4 rings (SSSR count). The lowest BCUT2D eigenvalue weighted by Gasteiger charge is -2.43. The van der Waals surface area contributed by atoms with E-state index in [4.69, 9.17) is 19.9 Å². The molecule has 1 unspecified atom stereocenters. The average molecular weight is 504 g/mol. The monoisotopic (exact) mass is 503 g/mol. The van der Waals surface area contributed by atoms with Crippen LogP contribution in [0, 0.1) is 16.7 Å². The minimum atomic E-state index is -0.788. The molecule has 192 valence electrons. The number of nitriles is 1. The number of allylic oxidation sites excluding steroid dienone is 3. The Morgan fingerprint density at radius 2 is 1.86 bits per heavy atom. The van der Waals surface area contributed by atoms with Crippen LogP contribution in [0.4, 0.5) is 0 Å². The Balaban J connectivity index is 1.92. The molecule has 1 aromatic heterocycles. The summed E-state index contributed by atoms with van der Waals surface area (Å²) < 4.78 is 16.5. The number of rotatable bonds is 6. The van der Waals surface area contributed by atoms with Crippen LogP contribution in [-0.4, -0.2) is 43.0 Å². The maximum Gasteiger partial charge on any atom is 0.271 e. The summed E-state index contributed by atoms with van der Waals surface area (Å²) in [7, 11) is 4.48. The van der Waals surface area contributed by atoms with Crippen LogP contribution in [0.3, 0.4) is 0 Å². The van der Waals surface area contributed by atoms with Crippen molar-refractivity contribution in [3.63, 3.8) is 0 Å². The topological polar surface area (TPSA) is 140 Å². The van der Waals surface area contributed by atoms with Crippen LogP contribution < -0.4 is 25.4 Å². The van der Waals surface area contributed by atoms with E-state index in [2.05, 4.69) is 16.5 Å². The summed E-state index contributed by atoms with van der Waals surface area (Å²) in [5.74, 6) is -0.216. The van der Waals surface area contributed by atoms with Crippen molar-refractivity contribution in [1.29, 1.82) is 5.26 Å². The molecule has 1 aliphatic carbocycles. The van der Waals surface area contributed by atoms with E-state index in [1.54, 1.807) is 30.5 Å². The van der Waals surface area contributed by atoms with Crippen molar-refractivity contribution in [2.24, 2.45) is 11.1 Å². The van der Waals surface area contributed by atoms with Gasteiger partial charge in [0, 0.05) is 24.4 Å². The van der Waals surface area contributed by atoms with Gasteiger partial charge in [0.05, 0.1) is 50.2 Å². The van der Waals surface area contributed by atoms with E-state index in [1.165, 1.54) is 32.5 Å². The van der Waals surface area contributed by atoms with Crippen molar-refractivity contribution in [2.75, 3.05) is 21.3 Å². The van der Waals surface area contributed by atoms with Gasteiger partial charge in [-0.2, -0.15) is 5.26 Å². The molecule has 1 atom stereocenters. The molecule has 1 aromatic carbocycles. The van der Waals surface area contributed by atoms with E-state index in [1.807, 2.05) is 13.8 Å². The summed E-state index contributed by atoms with van der Waals surface area (Å²) >= 11 is 0. The number of carbonyl (C=O) groups excluding carboxylic acids is 2. The molecule has 0 saturated heterocycles. The fourth-order valence-electron chi connectivity index (χ4n) is 4.90. The first kappa shape index (κ1) is 25.6. The van der Waals surface area contributed by atoms with E-state index in [0.29, 0.717) is 46.1 Å². The fourth-order valence-corrected chi connectivity index (χ4v) is 4.90. The molecule has 0 saturated carbocycles. The number of ether oxygens (including phenoxy) is 3. The molecule has 0 fully saturated rings. The third-order valence-electron chi connectivity index (χ3n) is 6.54. The van der Waals surface area contributed by atoms with E-state index in [-0.39, 0.29) is 23.6 Å². The van der Waals surface area contributed by atoms with Gasteiger partial charge in [-0.1, -0.05) is 13.8 Å². The molecular weight excluding hydrogens is 474 g/mol. The largest absolute Gasteiger partial charge is 0.493 e. The van der Waals surface area contributed by atoms with Gasteiger partial charge in [-0.15, -0.1) is 0 Å². The Bertz CT molecular complexity index is 1330. The molecule has 10 heteroatoms. The first-order valence-electron chi connectivity index (χ1n) is 11.6. The maximum absolute atomic E-state index is 13.7. The van der Waals surface area contributed by atoms with Crippen LogP contribution >= 0.6 is 0 Å². The third kappa shape index (κ3) is 4.56. The normalized spacial score (nSPS) is 18.6. The number of methoxy groups -OCH3 is 3. The van der Waals surface area contributed by atoms with Crippen molar-refractivity contribution in [3.8, 4) is 23.3 Å². The number of Topliss-reactive ketones (excluding diaryl/α,β-unsaturated/α-hetero) is 1. The van der Waals surface area contributed by atoms with Crippen molar-refractivity contribution < 1.29 is 23.8 Å². The van der Waals surface area contributed by atoms with Crippen molar-refractivity contribution in [3.05, 3.63) is 70.5 Å². The lowest BCUT2D eigenvalue weighted by molar-refractivity contribution is -0.118. The quantitative estimate of drug-likeness (QED) is 0.608. The minimum absolute atomic E-state index is 0.0303. The van der Waals surface area contributed by atoms with Gasteiger partial charge in [0.2, 0.25) is 5.75 Å². The highest BCUT2D eigenvalue weighted by Gasteiger charge is 2.45. The maximum atomic E-state index is 13.7. The van der Waals surface area contributed by atoms with Crippen molar-refractivity contribution in [2.45, 2.75) is 32.6 Å². The zero-order valence-corrected chi connectivity index (χ0v) is 21.4. The Morgan fingerprint density at radius 1 is 1.19 bits per heavy atom. The van der Waals surface area contributed by atoms with Crippen LogP contribution in [-0.2, 0) is 4.79 Å². The molecule has 3 N–H and O–H groups in total. The minimum Gasteiger partial charge on any atom is -0.493 e. The van der Waals surface area contributed by atoms with E-state index < -0.39 is 17.2 Å². The van der Waals surface area contributed by atoms with Crippen LogP contribution in [0.15, 0.2) is 59.3 Å². The number of nitrogens with two attached hydrogens (primary N) is 1. The number of pyridine rings is 1. The Morgan fingerprint density at radius 3 is 2.41 bits per heavy atom. The van der Waals surface area contributed by atoms with Crippen LogP contribution in [0.2, 0.25) is 0 Å². The summed E-state index contributed by atoms with van der Waals surface area (Å²) in [5, 5.41) is 11.6. The van der Waals surface area contributed by atoms with E-state index in [9.17, 15) is 14.9 Å². The van der Waals surface area contributed by atoms with Gasteiger partial charge in [0.15, 0.2) is 17.3 Å². The number of ketones is 1. The Hall–Kier alpha value is -4.52. The highest BCUT2D eigenvalue weighted by molar-refractivity contribution is 6.01. The summed E-state index contributed by atoms with van der Waals surface area (Å²) in [6.45, 7) is 3.95. The average Bonchev–Trinajstić information content (AvgIpc) is 2.88. The van der Waals surface area contributed by atoms with Crippen molar-refractivity contribution >= 4 is 11.7 Å². The van der Waals surface area contributed by atoms with Gasteiger partial charge in [0.1, 0.15) is 5.82 Å². The van der Waals surface area contributed by atoms with Gasteiger partial charge in [0.25, 0.3) is 5.91 Å². The first-order chi connectivity index (χ1) is 17.6. The fraction of sp³-hybridized carbons (Fsp3) is 0.333. The molecule has 1 amide bonds. The number of hydrogen-bond donors (Lipinski definition) is 2. The van der Waals surface area contributed by atoms with E-state index >= 15 is 0 Å². The van der Waals surface area contributed by atoms with Crippen LogP contribution in [0.25, 0.3) is 0 Å². The number of hydrogen-bond acceptors (Lipinski definition) is 9. The van der Waals surface area contributed by atoms with Gasteiger partial charge >= 0.3 is 0 Å². The number of hydrazine groups is 1. The number of amides is 1. The molecule has 2 heterocycles. The number of benzene rings is 1. The van der Waals surface area contributed by atoms with Crippen molar-refractivity contribution in [1.82, 2.24) is 15.4 Å². The molecule has 37 heavy (non-hydrogen) atoms. The SMILES string of the molecule is COc1cc(C2C(C#N)=C(N)N(NC(=O)c3cccnc3)C3=C2C(=O)CC(C)(C)C3)cc(OC)c1OC. The molecule has 2 aliphatic rings. The molecule has 1 aliphatic heterocycles. The van der Waals surface area contributed by atoms with Gasteiger partial charge in [-0.3, -0.25) is 20.0 Å². The molecule has 2 aromatic rings. The molecule has 0 bridgehead atoms. The predicted octanol–water partition coefficient (Wildman–Crippen LogP) is 3.19. The lowest BCUT2D eigenvalue weighted by atomic mass is 9.69. The second-order valence-electron chi connectivity index (χ2n) is 9.62. The second kappa shape index (κ2) is 9.85. The second-order valence-corrected chi connectivity index (χ2v) is 9.62. The Labute approximate surface area is 215 Å². The van der Waals surface area contributed by atoms with Gasteiger partial charge in [-0.05, 0) is 41.7 Å².